The molecule has 0 aliphatic heterocycles. The van der Waals surface area contributed by atoms with Gasteiger partial charge in [-0.2, -0.15) is 0 Å². The SMILES string of the molecule is [c]1scc2c1C=CC2. The minimum Gasteiger partial charge on any atom is -0.142 e. The molecule has 39 valence electrons. The summed E-state index contributed by atoms with van der Waals surface area (Å²) in [6, 6.07) is 0. The molecule has 0 saturated heterocycles. The van der Waals surface area contributed by atoms with Crippen LogP contribution >= 0.6 is 11.3 Å². The van der Waals surface area contributed by atoms with Crippen molar-refractivity contribution in [3.8, 4) is 0 Å². The fraction of sp³-hybridized carbons (Fsp3) is 0.143. The largest absolute Gasteiger partial charge is 0.142 e. The van der Waals surface area contributed by atoms with Crippen molar-refractivity contribution < 1.29 is 0 Å². The molecule has 0 fully saturated rings. The van der Waals surface area contributed by atoms with Crippen molar-refractivity contribution in [2.24, 2.45) is 0 Å². The number of hydrogen-bond donors (Lipinski definition) is 0. The lowest BCUT2D eigenvalue weighted by molar-refractivity contribution is 1.34. The van der Waals surface area contributed by atoms with E-state index in [-0.39, 0.29) is 0 Å². The zero-order valence-electron chi connectivity index (χ0n) is 4.35. The van der Waals surface area contributed by atoms with E-state index in [1.165, 1.54) is 11.1 Å². The van der Waals surface area contributed by atoms with E-state index in [0.29, 0.717) is 0 Å². The Balaban J connectivity index is 2.67. The lowest BCUT2D eigenvalue weighted by atomic mass is 10.2. The van der Waals surface area contributed by atoms with Crippen LogP contribution in [0.1, 0.15) is 11.1 Å². The van der Waals surface area contributed by atoms with E-state index in [1.807, 2.05) is 0 Å². The molecule has 1 heteroatoms. The molecular formula is C7H5S. The van der Waals surface area contributed by atoms with Gasteiger partial charge in [-0.3, -0.25) is 0 Å². The second-order valence-corrected chi connectivity index (χ2v) is 2.56. The summed E-state index contributed by atoms with van der Waals surface area (Å²) in [5.74, 6) is 0. The smallest absolute Gasteiger partial charge is 0.0523 e. The van der Waals surface area contributed by atoms with Crippen molar-refractivity contribution in [2.75, 3.05) is 0 Å². The average Bonchev–Trinajstić information content (AvgIpc) is 2.15. The molecule has 0 bridgehead atoms. The molecule has 1 heterocycles. The molecular weight excluding hydrogens is 116 g/mol. The number of rotatable bonds is 0. The summed E-state index contributed by atoms with van der Waals surface area (Å²) in [7, 11) is 0. The van der Waals surface area contributed by atoms with Gasteiger partial charge in [0.25, 0.3) is 0 Å². The molecule has 1 aliphatic carbocycles. The standard InChI is InChI=1S/C7H5S/c1-2-6-4-8-5-7(6)3-1/h1-2,5H,3H2. The maximum Gasteiger partial charge on any atom is 0.0523 e. The molecule has 1 aromatic rings. The molecule has 0 unspecified atom stereocenters. The van der Waals surface area contributed by atoms with Gasteiger partial charge in [0.2, 0.25) is 0 Å². The van der Waals surface area contributed by atoms with E-state index < -0.39 is 0 Å². The van der Waals surface area contributed by atoms with E-state index in [4.69, 9.17) is 0 Å². The fourth-order valence-electron chi connectivity index (χ4n) is 0.896. The summed E-state index contributed by atoms with van der Waals surface area (Å²) >= 11 is 1.67. The van der Waals surface area contributed by atoms with Gasteiger partial charge in [-0.25, -0.2) is 0 Å². The minimum absolute atomic E-state index is 1.12. The Kier molecular flexibility index (Phi) is 0.788. The van der Waals surface area contributed by atoms with Crippen LogP contribution in [-0.2, 0) is 6.42 Å². The van der Waals surface area contributed by atoms with Crippen LogP contribution < -0.4 is 0 Å². The lowest BCUT2D eigenvalue weighted by Crippen LogP contribution is -1.68. The van der Waals surface area contributed by atoms with Crippen molar-refractivity contribution in [2.45, 2.75) is 6.42 Å². The topological polar surface area (TPSA) is 0 Å². The van der Waals surface area contributed by atoms with Crippen molar-refractivity contribution in [3.05, 3.63) is 28.0 Å². The first kappa shape index (κ1) is 4.33. The molecule has 0 amide bonds. The normalized spacial score (nSPS) is 14.5. The molecule has 0 atom stereocenters. The van der Waals surface area contributed by atoms with Gasteiger partial charge in [-0.05, 0) is 22.9 Å². The molecule has 0 spiro atoms. The average molecular weight is 121 g/mol. The van der Waals surface area contributed by atoms with E-state index in [0.717, 1.165) is 6.42 Å². The zero-order valence-corrected chi connectivity index (χ0v) is 5.16. The molecule has 1 radical (unpaired) electrons. The first-order valence-electron chi connectivity index (χ1n) is 2.61. The van der Waals surface area contributed by atoms with Crippen molar-refractivity contribution in [3.63, 3.8) is 0 Å². The highest BCUT2D eigenvalue weighted by atomic mass is 32.1. The van der Waals surface area contributed by atoms with Gasteiger partial charge in [-0.15, -0.1) is 11.3 Å². The van der Waals surface area contributed by atoms with Gasteiger partial charge in [0.05, 0.1) is 5.38 Å². The van der Waals surface area contributed by atoms with Crippen LogP contribution in [0.15, 0.2) is 11.5 Å². The quantitative estimate of drug-likeness (QED) is 0.493. The monoisotopic (exact) mass is 121 g/mol. The van der Waals surface area contributed by atoms with E-state index in [9.17, 15) is 0 Å². The van der Waals surface area contributed by atoms with Crippen LogP contribution in [0.4, 0.5) is 0 Å². The number of thiophene rings is 1. The summed E-state index contributed by atoms with van der Waals surface area (Å²) in [6.45, 7) is 0. The van der Waals surface area contributed by atoms with Crippen LogP contribution in [0.5, 0.6) is 0 Å². The highest BCUT2D eigenvalue weighted by Gasteiger charge is 2.03. The van der Waals surface area contributed by atoms with Gasteiger partial charge in [0.15, 0.2) is 0 Å². The van der Waals surface area contributed by atoms with Gasteiger partial charge in [0.1, 0.15) is 0 Å². The van der Waals surface area contributed by atoms with E-state index in [1.54, 1.807) is 11.3 Å². The minimum atomic E-state index is 1.12. The molecule has 2 rings (SSSR count). The Bertz CT molecular complexity index is 220. The maximum absolute atomic E-state index is 3.17. The third kappa shape index (κ3) is 0.450. The lowest BCUT2D eigenvalue weighted by Gasteiger charge is -1.79. The van der Waals surface area contributed by atoms with Crippen molar-refractivity contribution in [1.82, 2.24) is 0 Å². The second-order valence-electron chi connectivity index (χ2n) is 1.88. The molecule has 0 N–H and O–H groups in total. The van der Waals surface area contributed by atoms with Crippen LogP contribution in [0.25, 0.3) is 6.08 Å². The second kappa shape index (κ2) is 1.46. The van der Waals surface area contributed by atoms with Crippen LogP contribution in [0.2, 0.25) is 0 Å². The molecule has 1 aliphatic rings. The van der Waals surface area contributed by atoms with E-state index in [2.05, 4.69) is 22.9 Å². The Morgan fingerprint density at radius 3 is 3.50 bits per heavy atom. The Morgan fingerprint density at radius 1 is 1.62 bits per heavy atom. The van der Waals surface area contributed by atoms with Gasteiger partial charge >= 0.3 is 0 Å². The number of hydrogen-bond acceptors (Lipinski definition) is 1. The maximum atomic E-state index is 3.17. The van der Waals surface area contributed by atoms with Gasteiger partial charge in [0, 0.05) is 0 Å². The molecule has 0 aromatic carbocycles. The predicted molar refractivity (Wildman–Crippen MR) is 35.9 cm³/mol. The molecule has 0 nitrogen and oxygen atoms in total. The summed E-state index contributed by atoms with van der Waals surface area (Å²) in [4.78, 5) is 0. The summed E-state index contributed by atoms with van der Waals surface area (Å²) < 4.78 is 0. The van der Waals surface area contributed by atoms with Crippen LogP contribution in [0, 0.1) is 5.38 Å². The third-order valence-electron chi connectivity index (χ3n) is 1.34. The summed E-state index contributed by atoms with van der Waals surface area (Å²) in [5, 5.41) is 5.33. The Hall–Kier alpha value is -0.560. The highest BCUT2D eigenvalue weighted by molar-refractivity contribution is 7.07. The Morgan fingerprint density at radius 2 is 2.62 bits per heavy atom. The van der Waals surface area contributed by atoms with Crippen molar-refractivity contribution in [1.29, 1.82) is 0 Å². The van der Waals surface area contributed by atoms with Gasteiger partial charge in [-0.1, -0.05) is 12.2 Å². The zero-order chi connectivity index (χ0) is 5.40. The third-order valence-corrected chi connectivity index (χ3v) is 2.08. The molecule has 1 aromatic heterocycles. The first-order chi connectivity index (χ1) is 3.97. The predicted octanol–water partition coefficient (Wildman–Crippen LogP) is 2.12. The van der Waals surface area contributed by atoms with Crippen molar-refractivity contribution >= 4 is 17.4 Å². The molecule has 0 saturated carbocycles. The Labute approximate surface area is 52.5 Å². The fourth-order valence-corrected chi connectivity index (χ4v) is 1.65. The summed E-state index contributed by atoms with van der Waals surface area (Å²) in [6.07, 6.45) is 5.43. The summed E-state index contributed by atoms with van der Waals surface area (Å²) in [5.41, 5.74) is 2.74. The van der Waals surface area contributed by atoms with Crippen LogP contribution in [-0.4, -0.2) is 0 Å². The first-order valence-corrected chi connectivity index (χ1v) is 3.49. The van der Waals surface area contributed by atoms with E-state index >= 15 is 0 Å². The van der Waals surface area contributed by atoms with Crippen LogP contribution in [0.3, 0.4) is 0 Å². The highest BCUT2D eigenvalue weighted by Crippen LogP contribution is 2.21. The molecule has 8 heavy (non-hydrogen) atoms. The van der Waals surface area contributed by atoms with Gasteiger partial charge < -0.3 is 0 Å². The number of fused-ring (bicyclic) bond motifs is 1. The number of allylic oxidation sites excluding steroid dienone is 1.